The fourth-order valence-corrected chi connectivity index (χ4v) is 3.87. The van der Waals surface area contributed by atoms with Crippen molar-refractivity contribution in [3.05, 3.63) is 0 Å². The molecule has 2 saturated heterocycles. The summed E-state index contributed by atoms with van der Waals surface area (Å²) in [5.41, 5.74) is 0. The van der Waals surface area contributed by atoms with Gasteiger partial charge in [-0.25, -0.2) is 0 Å². The van der Waals surface area contributed by atoms with Gasteiger partial charge in [-0.2, -0.15) is 0 Å². The number of hydrogen-bond acceptors (Lipinski definition) is 4. The van der Waals surface area contributed by atoms with Crippen molar-refractivity contribution in [2.75, 3.05) is 26.2 Å². The minimum Gasteiger partial charge on any atom is -0.316 e. The van der Waals surface area contributed by atoms with E-state index < -0.39 is 0 Å². The molecule has 0 bridgehead atoms. The smallest absolute Gasteiger partial charge is 0.133 e. The number of halogens is 2. The lowest BCUT2D eigenvalue weighted by Gasteiger charge is -2.01. The molecule has 0 unspecified atom stereocenters. The summed E-state index contributed by atoms with van der Waals surface area (Å²) in [5.74, 6) is 3.72. The quantitative estimate of drug-likeness (QED) is 0.704. The number of rotatable bonds is 0. The van der Waals surface area contributed by atoms with E-state index in [2.05, 4.69) is 10.6 Å². The Labute approximate surface area is 132 Å². The van der Waals surface area contributed by atoms with Crippen LogP contribution in [0.5, 0.6) is 0 Å². The standard InChI is InChI=1S/2C7H11NO.2ClH/c2*9-7-1-5-3-8-4-6(5)2-7;;/h2*5-6,8H,1-4H2;2*1H/t2*5-,6+;;. The molecule has 2 N–H and O–H groups in total. The Kier molecular flexibility index (Phi) is 6.92. The van der Waals surface area contributed by atoms with E-state index >= 15 is 0 Å². The minimum atomic E-state index is 0. The Bertz CT molecular complexity index is 303. The molecular formula is C14H24Cl2N2O2. The van der Waals surface area contributed by atoms with Gasteiger partial charge in [-0.15, -0.1) is 24.8 Å². The number of carbonyl (C=O) groups excluding carboxylic acids is 2. The summed E-state index contributed by atoms with van der Waals surface area (Å²) in [6.07, 6.45) is 3.38. The third-order valence-electron chi connectivity index (χ3n) is 4.92. The molecule has 20 heavy (non-hydrogen) atoms. The maximum Gasteiger partial charge on any atom is 0.133 e. The molecule has 4 aliphatic rings. The van der Waals surface area contributed by atoms with Crippen LogP contribution < -0.4 is 10.6 Å². The van der Waals surface area contributed by atoms with Gasteiger partial charge in [-0.05, 0) is 49.9 Å². The van der Waals surface area contributed by atoms with E-state index in [1.807, 2.05) is 0 Å². The van der Waals surface area contributed by atoms with Gasteiger partial charge in [-0.1, -0.05) is 0 Å². The maximum absolute atomic E-state index is 10.8. The van der Waals surface area contributed by atoms with E-state index in [-0.39, 0.29) is 24.8 Å². The van der Waals surface area contributed by atoms with Gasteiger partial charge in [0.1, 0.15) is 11.6 Å². The second-order valence-electron chi connectivity index (χ2n) is 6.25. The van der Waals surface area contributed by atoms with Gasteiger partial charge in [-0.3, -0.25) is 9.59 Å². The van der Waals surface area contributed by atoms with E-state index in [9.17, 15) is 9.59 Å². The van der Waals surface area contributed by atoms with Gasteiger partial charge >= 0.3 is 0 Å². The van der Waals surface area contributed by atoms with Crippen LogP contribution in [0.2, 0.25) is 0 Å². The first-order valence-corrected chi connectivity index (χ1v) is 7.17. The van der Waals surface area contributed by atoms with Crippen LogP contribution in [0, 0.1) is 23.7 Å². The summed E-state index contributed by atoms with van der Waals surface area (Å²) in [7, 11) is 0. The van der Waals surface area contributed by atoms with Gasteiger partial charge in [0.05, 0.1) is 0 Å². The number of carbonyl (C=O) groups is 2. The lowest BCUT2D eigenvalue weighted by Crippen LogP contribution is -2.11. The minimum absolute atomic E-state index is 0. The predicted molar refractivity (Wildman–Crippen MR) is 82.7 cm³/mol. The molecule has 4 nitrogen and oxygen atoms in total. The molecule has 2 heterocycles. The van der Waals surface area contributed by atoms with E-state index in [1.54, 1.807) is 0 Å². The average molecular weight is 323 g/mol. The van der Waals surface area contributed by atoms with Gasteiger partial charge in [0.25, 0.3) is 0 Å². The molecule has 0 aromatic heterocycles. The first-order chi connectivity index (χ1) is 8.72. The maximum atomic E-state index is 10.8. The van der Waals surface area contributed by atoms with Crippen LogP contribution in [0.4, 0.5) is 0 Å². The Morgan fingerprint density at radius 1 is 0.600 bits per heavy atom. The number of ketones is 2. The number of nitrogens with one attached hydrogen (secondary N) is 2. The summed E-state index contributed by atoms with van der Waals surface area (Å²) in [5, 5.41) is 6.59. The summed E-state index contributed by atoms with van der Waals surface area (Å²) in [6.45, 7) is 4.32. The first-order valence-electron chi connectivity index (χ1n) is 7.17. The molecule has 0 amide bonds. The number of hydrogen-bond donors (Lipinski definition) is 2. The zero-order chi connectivity index (χ0) is 12.5. The molecule has 0 aromatic rings. The zero-order valence-corrected chi connectivity index (χ0v) is 13.2. The van der Waals surface area contributed by atoms with Crippen LogP contribution in [0.25, 0.3) is 0 Å². The molecule has 2 aliphatic carbocycles. The molecule has 0 radical (unpaired) electrons. The molecule has 0 spiro atoms. The van der Waals surface area contributed by atoms with Crippen molar-refractivity contribution >= 4 is 36.4 Å². The summed E-state index contributed by atoms with van der Waals surface area (Å²) in [6, 6.07) is 0. The van der Waals surface area contributed by atoms with E-state index in [1.165, 1.54) is 0 Å². The zero-order valence-electron chi connectivity index (χ0n) is 11.6. The summed E-state index contributed by atoms with van der Waals surface area (Å²) >= 11 is 0. The van der Waals surface area contributed by atoms with Crippen molar-refractivity contribution in [3.63, 3.8) is 0 Å². The fourth-order valence-electron chi connectivity index (χ4n) is 3.87. The van der Waals surface area contributed by atoms with Gasteiger partial charge in [0, 0.05) is 25.7 Å². The Morgan fingerprint density at radius 3 is 1.10 bits per heavy atom. The van der Waals surface area contributed by atoms with Crippen molar-refractivity contribution in [1.82, 2.24) is 10.6 Å². The average Bonchev–Trinajstić information content (AvgIpc) is 2.97. The van der Waals surface area contributed by atoms with Crippen LogP contribution in [-0.2, 0) is 9.59 Å². The largest absolute Gasteiger partial charge is 0.316 e. The lowest BCUT2D eigenvalue weighted by molar-refractivity contribution is -0.118. The van der Waals surface area contributed by atoms with Crippen molar-refractivity contribution in [3.8, 4) is 0 Å². The predicted octanol–water partition coefficient (Wildman–Crippen LogP) is 1.21. The van der Waals surface area contributed by atoms with E-state index in [0.29, 0.717) is 35.2 Å². The van der Waals surface area contributed by atoms with Gasteiger partial charge in [0.15, 0.2) is 0 Å². The number of Topliss-reactive ketones (excluding diaryl/α,β-unsaturated/α-hetero) is 2. The third-order valence-corrected chi connectivity index (χ3v) is 4.92. The highest BCUT2D eigenvalue weighted by Crippen LogP contribution is 2.31. The topological polar surface area (TPSA) is 58.2 Å². The second-order valence-corrected chi connectivity index (χ2v) is 6.25. The molecule has 4 fully saturated rings. The molecule has 4 atom stereocenters. The monoisotopic (exact) mass is 322 g/mol. The summed E-state index contributed by atoms with van der Waals surface area (Å²) in [4.78, 5) is 21.7. The normalized spacial score (nSPS) is 37.4. The highest BCUT2D eigenvalue weighted by molar-refractivity contribution is 5.85. The van der Waals surface area contributed by atoms with Gasteiger partial charge < -0.3 is 10.6 Å². The van der Waals surface area contributed by atoms with Crippen molar-refractivity contribution in [2.45, 2.75) is 25.7 Å². The molecule has 6 heteroatoms. The Balaban J connectivity index is 0.000000182. The highest BCUT2D eigenvalue weighted by atomic mass is 35.5. The lowest BCUT2D eigenvalue weighted by atomic mass is 10.0. The van der Waals surface area contributed by atoms with Crippen LogP contribution in [0.3, 0.4) is 0 Å². The van der Waals surface area contributed by atoms with Crippen LogP contribution >= 0.6 is 24.8 Å². The summed E-state index contributed by atoms with van der Waals surface area (Å²) < 4.78 is 0. The van der Waals surface area contributed by atoms with Crippen LogP contribution in [-0.4, -0.2) is 37.7 Å². The van der Waals surface area contributed by atoms with Crippen molar-refractivity contribution in [2.24, 2.45) is 23.7 Å². The van der Waals surface area contributed by atoms with Crippen LogP contribution in [0.15, 0.2) is 0 Å². The SMILES string of the molecule is Cl.Cl.O=C1C[C@H]2CNC[C@H]2C1.O=C1C[C@H]2CNC[C@H]2C1. The molecule has 2 saturated carbocycles. The molecule has 0 aromatic carbocycles. The van der Waals surface area contributed by atoms with Crippen molar-refractivity contribution in [1.29, 1.82) is 0 Å². The van der Waals surface area contributed by atoms with Gasteiger partial charge in [0.2, 0.25) is 0 Å². The fraction of sp³-hybridized carbons (Fsp3) is 0.857. The molecule has 4 rings (SSSR count). The highest BCUT2D eigenvalue weighted by Gasteiger charge is 2.36. The van der Waals surface area contributed by atoms with E-state index in [0.717, 1.165) is 51.9 Å². The Morgan fingerprint density at radius 2 is 0.850 bits per heavy atom. The van der Waals surface area contributed by atoms with Crippen LogP contribution in [0.1, 0.15) is 25.7 Å². The van der Waals surface area contributed by atoms with E-state index in [4.69, 9.17) is 0 Å². The Hall–Kier alpha value is -0.160. The molecule has 2 aliphatic heterocycles. The molecule has 116 valence electrons. The van der Waals surface area contributed by atoms with Crippen molar-refractivity contribution < 1.29 is 9.59 Å². The third kappa shape index (κ3) is 3.94. The second kappa shape index (κ2) is 7.74. The number of fused-ring (bicyclic) bond motifs is 2. The first kappa shape index (κ1) is 17.9. The molecular weight excluding hydrogens is 299 g/mol.